The van der Waals surface area contributed by atoms with Gasteiger partial charge in [-0.05, 0) is 26.1 Å². The molecule has 0 bridgehead atoms. The predicted molar refractivity (Wildman–Crippen MR) is 71.8 cm³/mol. The molecule has 88 valence electrons. The fourth-order valence-corrected chi connectivity index (χ4v) is 2.31. The van der Waals surface area contributed by atoms with Crippen molar-refractivity contribution in [1.29, 1.82) is 0 Å². The van der Waals surface area contributed by atoms with E-state index in [4.69, 9.17) is 12.2 Å². The second-order valence-electron chi connectivity index (χ2n) is 4.05. The summed E-state index contributed by atoms with van der Waals surface area (Å²) in [6.07, 6.45) is 0. The van der Waals surface area contributed by atoms with Crippen LogP contribution in [-0.4, -0.2) is 16.9 Å². The van der Waals surface area contributed by atoms with Crippen LogP contribution in [0.25, 0.3) is 0 Å². The number of ketones is 1. The lowest BCUT2D eigenvalue weighted by Crippen LogP contribution is -2.48. The quantitative estimate of drug-likeness (QED) is 0.618. The van der Waals surface area contributed by atoms with E-state index in [1.165, 1.54) is 0 Å². The molecule has 2 rings (SSSR count). The molecule has 1 heterocycles. The van der Waals surface area contributed by atoms with Gasteiger partial charge in [0.2, 0.25) is 0 Å². The number of hydrogen-bond donors (Lipinski definition) is 2. The maximum Gasteiger partial charge on any atom is 0.192 e. The number of Topliss-reactive ketones (excluding diaryl/α,β-unsaturated/α-hetero) is 1. The van der Waals surface area contributed by atoms with E-state index in [0.717, 1.165) is 11.3 Å². The number of allylic oxidation sites excluding steroid dienone is 1. The fourth-order valence-electron chi connectivity index (χ4n) is 1.98. The smallest absolute Gasteiger partial charge is 0.192 e. The van der Waals surface area contributed by atoms with Gasteiger partial charge in [0.25, 0.3) is 0 Å². The summed E-state index contributed by atoms with van der Waals surface area (Å²) in [7, 11) is 0. The van der Waals surface area contributed by atoms with Crippen LogP contribution in [0.3, 0.4) is 0 Å². The van der Waals surface area contributed by atoms with Gasteiger partial charge < -0.3 is 10.6 Å². The van der Waals surface area contributed by atoms with Gasteiger partial charge in [-0.15, -0.1) is 0 Å². The molecular weight excluding hydrogens is 232 g/mol. The van der Waals surface area contributed by atoms with Gasteiger partial charge in [-0.3, -0.25) is 4.79 Å². The van der Waals surface area contributed by atoms with E-state index in [1.54, 1.807) is 0 Å². The van der Waals surface area contributed by atoms with Crippen LogP contribution < -0.4 is 10.6 Å². The van der Waals surface area contributed by atoms with Crippen LogP contribution >= 0.6 is 12.2 Å². The highest BCUT2D eigenvalue weighted by Crippen LogP contribution is 2.17. The van der Waals surface area contributed by atoms with Gasteiger partial charge >= 0.3 is 0 Å². The molecule has 0 fully saturated rings. The number of thiocarbonyl (C=S) groups is 1. The van der Waals surface area contributed by atoms with Gasteiger partial charge in [0, 0.05) is 16.8 Å². The summed E-state index contributed by atoms with van der Waals surface area (Å²) in [6.45, 7) is 3.81. The summed E-state index contributed by atoms with van der Waals surface area (Å²) in [5.74, 6) is 0.0399. The minimum absolute atomic E-state index is 0.0399. The van der Waals surface area contributed by atoms with Crippen molar-refractivity contribution in [2.75, 3.05) is 0 Å². The van der Waals surface area contributed by atoms with Crippen LogP contribution in [0.2, 0.25) is 0 Å². The molecule has 1 aromatic carbocycles. The number of carbonyl (C=O) groups is 1. The Morgan fingerprint density at radius 3 is 2.53 bits per heavy atom. The Bertz CT molecular complexity index is 493. The zero-order valence-corrected chi connectivity index (χ0v) is 10.6. The molecular formula is C13H14N2OS. The van der Waals surface area contributed by atoms with E-state index in [0.29, 0.717) is 10.7 Å². The van der Waals surface area contributed by atoms with Crippen molar-refractivity contribution in [2.24, 2.45) is 0 Å². The lowest BCUT2D eigenvalue weighted by molar-refractivity contribution is 0.102. The molecule has 1 unspecified atom stereocenters. The normalized spacial score (nSPS) is 19.6. The van der Waals surface area contributed by atoms with Crippen LogP contribution in [0, 0.1) is 0 Å². The molecule has 4 heteroatoms. The number of nitrogens with one attached hydrogen (secondary N) is 2. The maximum atomic E-state index is 12.3. The van der Waals surface area contributed by atoms with Gasteiger partial charge in [0.05, 0.1) is 6.04 Å². The minimum Gasteiger partial charge on any atom is -0.356 e. The molecule has 0 aliphatic carbocycles. The number of hydrogen-bond acceptors (Lipinski definition) is 2. The molecule has 0 radical (unpaired) electrons. The highest BCUT2D eigenvalue weighted by Gasteiger charge is 2.25. The molecule has 1 aliphatic heterocycles. The van der Waals surface area contributed by atoms with E-state index < -0.39 is 0 Å². The monoisotopic (exact) mass is 246 g/mol. The van der Waals surface area contributed by atoms with Crippen molar-refractivity contribution in [2.45, 2.75) is 19.9 Å². The van der Waals surface area contributed by atoms with Crippen molar-refractivity contribution in [3.63, 3.8) is 0 Å². The summed E-state index contributed by atoms with van der Waals surface area (Å²) < 4.78 is 0. The highest BCUT2D eigenvalue weighted by molar-refractivity contribution is 7.80. The Kier molecular flexibility index (Phi) is 3.24. The molecule has 1 atom stereocenters. The minimum atomic E-state index is -0.0588. The summed E-state index contributed by atoms with van der Waals surface area (Å²) >= 11 is 5.05. The van der Waals surface area contributed by atoms with Gasteiger partial charge in [-0.25, -0.2) is 0 Å². The summed E-state index contributed by atoms with van der Waals surface area (Å²) in [4.78, 5) is 12.3. The molecule has 0 aromatic heterocycles. The first kappa shape index (κ1) is 11.8. The standard InChI is InChI=1S/C13H14N2OS/c1-8-11(9(2)15-13(17)14-8)12(16)10-6-4-3-5-7-10/h3-8H,1-2H3,(H2,14,15,17). The lowest BCUT2D eigenvalue weighted by atomic mass is 9.95. The predicted octanol–water partition coefficient (Wildman–Crippen LogP) is 2.01. The molecule has 2 N–H and O–H groups in total. The van der Waals surface area contributed by atoms with Crippen LogP contribution in [0.4, 0.5) is 0 Å². The van der Waals surface area contributed by atoms with Gasteiger partial charge in [0.1, 0.15) is 0 Å². The molecule has 0 amide bonds. The molecule has 0 saturated heterocycles. The average Bonchev–Trinajstić information content (AvgIpc) is 2.28. The molecule has 3 nitrogen and oxygen atoms in total. The first-order chi connectivity index (χ1) is 8.09. The van der Waals surface area contributed by atoms with Crippen molar-refractivity contribution in [3.8, 4) is 0 Å². The van der Waals surface area contributed by atoms with Gasteiger partial charge in [-0.2, -0.15) is 0 Å². The molecule has 0 spiro atoms. The Labute approximate surface area is 106 Å². The number of carbonyl (C=O) groups excluding carboxylic acids is 1. The maximum absolute atomic E-state index is 12.3. The van der Waals surface area contributed by atoms with Crippen LogP contribution in [0.5, 0.6) is 0 Å². The van der Waals surface area contributed by atoms with Crippen molar-refractivity contribution >= 4 is 23.1 Å². The average molecular weight is 246 g/mol. The van der Waals surface area contributed by atoms with E-state index in [9.17, 15) is 4.79 Å². The number of rotatable bonds is 2. The van der Waals surface area contributed by atoms with Gasteiger partial charge in [0.15, 0.2) is 10.9 Å². The zero-order valence-electron chi connectivity index (χ0n) is 9.78. The number of benzene rings is 1. The highest BCUT2D eigenvalue weighted by atomic mass is 32.1. The van der Waals surface area contributed by atoms with Crippen molar-refractivity contribution < 1.29 is 4.79 Å². The molecule has 17 heavy (non-hydrogen) atoms. The van der Waals surface area contributed by atoms with Crippen LogP contribution in [0.15, 0.2) is 41.6 Å². The Balaban J connectivity index is 2.37. The van der Waals surface area contributed by atoms with Crippen LogP contribution in [-0.2, 0) is 0 Å². The third kappa shape index (κ3) is 2.36. The van der Waals surface area contributed by atoms with Gasteiger partial charge in [-0.1, -0.05) is 30.3 Å². The van der Waals surface area contributed by atoms with E-state index in [-0.39, 0.29) is 11.8 Å². The molecule has 1 aliphatic rings. The summed E-state index contributed by atoms with van der Waals surface area (Å²) in [6, 6.07) is 9.21. The topological polar surface area (TPSA) is 41.1 Å². The van der Waals surface area contributed by atoms with E-state index >= 15 is 0 Å². The second kappa shape index (κ2) is 4.67. The summed E-state index contributed by atoms with van der Waals surface area (Å²) in [5, 5.41) is 6.61. The molecule has 1 aromatic rings. The SMILES string of the molecule is CC1=C(C(=O)c2ccccc2)C(C)NC(=S)N1. The summed E-state index contributed by atoms with van der Waals surface area (Å²) in [5.41, 5.74) is 2.27. The Morgan fingerprint density at radius 1 is 1.29 bits per heavy atom. The first-order valence-electron chi connectivity index (χ1n) is 5.47. The second-order valence-corrected chi connectivity index (χ2v) is 4.46. The Hall–Kier alpha value is -1.68. The Morgan fingerprint density at radius 2 is 1.94 bits per heavy atom. The third-order valence-electron chi connectivity index (χ3n) is 2.77. The van der Waals surface area contributed by atoms with Crippen LogP contribution in [0.1, 0.15) is 24.2 Å². The molecule has 0 saturated carbocycles. The zero-order chi connectivity index (χ0) is 12.4. The van der Waals surface area contributed by atoms with Crippen molar-refractivity contribution in [3.05, 3.63) is 47.2 Å². The fraction of sp³-hybridized carbons (Fsp3) is 0.231. The lowest BCUT2D eigenvalue weighted by Gasteiger charge is -2.27. The first-order valence-corrected chi connectivity index (χ1v) is 5.88. The van der Waals surface area contributed by atoms with E-state index in [2.05, 4.69) is 10.6 Å². The largest absolute Gasteiger partial charge is 0.356 e. The van der Waals surface area contributed by atoms with E-state index in [1.807, 2.05) is 44.2 Å². The third-order valence-corrected chi connectivity index (χ3v) is 2.99. The van der Waals surface area contributed by atoms with Crippen molar-refractivity contribution in [1.82, 2.24) is 10.6 Å².